The van der Waals surface area contributed by atoms with Crippen LogP contribution in [0.1, 0.15) is 29.4 Å². The Morgan fingerprint density at radius 1 is 1.39 bits per heavy atom. The van der Waals surface area contributed by atoms with E-state index in [1.54, 1.807) is 35.1 Å². The zero-order chi connectivity index (χ0) is 13.1. The number of carbonyl (C=O) groups is 1. The van der Waals surface area contributed by atoms with Crippen molar-refractivity contribution in [2.45, 2.75) is 19.9 Å². The molecule has 0 saturated carbocycles. The summed E-state index contributed by atoms with van der Waals surface area (Å²) in [5.74, 6) is -0.0483. The Labute approximate surface area is 114 Å². The van der Waals surface area contributed by atoms with Crippen molar-refractivity contribution in [3.8, 4) is 0 Å². The molecule has 0 radical (unpaired) electrons. The maximum absolute atomic E-state index is 12.4. The molecule has 0 aliphatic carbocycles. The maximum Gasteiger partial charge on any atom is 0.212 e. The molecule has 0 aliphatic rings. The van der Waals surface area contributed by atoms with Crippen LogP contribution in [-0.4, -0.2) is 15.6 Å². The number of aryl methyl sites for hydroxylation is 1. The van der Waals surface area contributed by atoms with Crippen LogP contribution in [0, 0.1) is 0 Å². The van der Waals surface area contributed by atoms with Crippen LogP contribution in [0.2, 0.25) is 0 Å². The Kier molecular flexibility index (Phi) is 3.81. The summed E-state index contributed by atoms with van der Waals surface area (Å²) in [4.78, 5) is 12.4. The molecule has 4 nitrogen and oxygen atoms in total. The fourth-order valence-corrected chi connectivity index (χ4v) is 2.22. The Balaban J connectivity index is 2.39. The molecule has 0 unspecified atom stereocenters. The van der Waals surface area contributed by atoms with Gasteiger partial charge in [-0.25, -0.2) is 0 Å². The Morgan fingerprint density at radius 3 is 2.67 bits per heavy atom. The molecule has 0 fully saturated rings. The topological polar surface area (TPSA) is 60.9 Å². The summed E-state index contributed by atoms with van der Waals surface area (Å²) in [5, 5.41) is 4.19. The van der Waals surface area contributed by atoms with Gasteiger partial charge in [0, 0.05) is 17.8 Å². The third kappa shape index (κ3) is 2.46. The van der Waals surface area contributed by atoms with Gasteiger partial charge in [-0.15, -0.1) is 0 Å². The second-order valence-electron chi connectivity index (χ2n) is 4.02. The molecule has 0 aliphatic heterocycles. The van der Waals surface area contributed by atoms with Gasteiger partial charge in [-0.3, -0.25) is 9.48 Å². The van der Waals surface area contributed by atoms with E-state index >= 15 is 0 Å². The molecule has 0 spiro atoms. The van der Waals surface area contributed by atoms with E-state index in [1.165, 1.54) is 0 Å². The fourth-order valence-electron chi connectivity index (χ4n) is 1.74. The van der Waals surface area contributed by atoms with E-state index in [4.69, 9.17) is 5.73 Å². The third-order valence-corrected chi connectivity index (χ3v) is 3.20. The van der Waals surface area contributed by atoms with Crippen molar-refractivity contribution in [3.63, 3.8) is 0 Å². The maximum atomic E-state index is 12.4. The van der Waals surface area contributed by atoms with Gasteiger partial charge in [0.05, 0.1) is 10.7 Å². The van der Waals surface area contributed by atoms with Gasteiger partial charge < -0.3 is 5.73 Å². The first kappa shape index (κ1) is 12.8. The number of ketones is 1. The molecular formula is C13H14BrN3O. The van der Waals surface area contributed by atoms with Crippen molar-refractivity contribution in [2.24, 2.45) is 0 Å². The number of halogens is 1. The van der Waals surface area contributed by atoms with Crippen LogP contribution in [0.3, 0.4) is 0 Å². The van der Waals surface area contributed by atoms with Crippen LogP contribution in [0.25, 0.3) is 0 Å². The van der Waals surface area contributed by atoms with Gasteiger partial charge in [0.1, 0.15) is 5.69 Å². The fraction of sp³-hybridized carbons (Fsp3) is 0.231. The lowest BCUT2D eigenvalue weighted by Crippen LogP contribution is -2.12. The highest BCUT2D eigenvalue weighted by Gasteiger charge is 2.18. The molecule has 1 heterocycles. The van der Waals surface area contributed by atoms with Crippen LogP contribution in [0.4, 0.5) is 5.69 Å². The standard InChI is InChI=1S/C13H14BrN3O/c1-2-7-17-12(11(14)8-16-17)13(18)9-3-5-10(15)6-4-9/h3-6,8H,2,7,15H2,1H3. The molecular weight excluding hydrogens is 294 g/mol. The average Bonchev–Trinajstić information content (AvgIpc) is 2.71. The van der Waals surface area contributed by atoms with E-state index in [0.717, 1.165) is 17.4 Å². The average molecular weight is 308 g/mol. The Hall–Kier alpha value is -1.62. The first-order chi connectivity index (χ1) is 8.63. The van der Waals surface area contributed by atoms with Gasteiger partial charge in [0.2, 0.25) is 5.78 Å². The highest BCUT2D eigenvalue weighted by atomic mass is 79.9. The molecule has 5 heteroatoms. The first-order valence-electron chi connectivity index (χ1n) is 5.75. The molecule has 2 aromatic rings. The van der Waals surface area contributed by atoms with Gasteiger partial charge in [0.15, 0.2) is 0 Å². The van der Waals surface area contributed by atoms with E-state index in [9.17, 15) is 4.79 Å². The Morgan fingerprint density at radius 2 is 2.06 bits per heavy atom. The van der Waals surface area contributed by atoms with E-state index in [0.29, 0.717) is 16.9 Å². The highest BCUT2D eigenvalue weighted by Crippen LogP contribution is 2.20. The van der Waals surface area contributed by atoms with Crippen molar-refractivity contribution in [2.75, 3.05) is 5.73 Å². The second-order valence-corrected chi connectivity index (χ2v) is 4.87. The van der Waals surface area contributed by atoms with Gasteiger partial charge in [-0.1, -0.05) is 6.92 Å². The smallest absolute Gasteiger partial charge is 0.212 e. The third-order valence-electron chi connectivity index (χ3n) is 2.62. The van der Waals surface area contributed by atoms with E-state index in [1.807, 2.05) is 6.92 Å². The largest absolute Gasteiger partial charge is 0.399 e. The summed E-state index contributed by atoms with van der Waals surface area (Å²) in [6.07, 6.45) is 2.58. The number of carbonyl (C=O) groups excluding carboxylic acids is 1. The van der Waals surface area contributed by atoms with E-state index in [-0.39, 0.29) is 5.78 Å². The summed E-state index contributed by atoms with van der Waals surface area (Å²) in [6, 6.07) is 6.91. The minimum atomic E-state index is -0.0483. The molecule has 2 N–H and O–H groups in total. The number of aromatic nitrogens is 2. The van der Waals surface area contributed by atoms with Crippen LogP contribution in [-0.2, 0) is 6.54 Å². The molecule has 0 amide bonds. The highest BCUT2D eigenvalue weighted by molar-refractivity contribution is 9.10. The number of anilines is 1. The lowest BCUT2D eigenvalue weighted by Gasteiger charge is -2.06. The van der Waals surface area contributed by atoms with E-state index < -0.39 is 0 Å². The van der Waals surface area contributed by atoms with Gasteiger partial charge in [-0.2, -0.15) is 5.10 Å². The normalized spacial score (nSPS) is 10.6. The molecule has 1 aromatic carbocycles. The van der Waals surface area contributed by atoms with Crippen LogP contribution < -0.4 is 5.73 Å². The molecule has 0 saturated heterocycles. The predicted molar refractivity (Wildman–Crippen MR) is 74.5 cm³/mol. The van der Waals surface area contributed by atoms with E-state index in [2.05, 4.69) is 21.0 Å². The monoisotopic (exact) mass is 307 g/mol. The number of hydrogen-bond acceptors (Lipinski definition) is 3. The summed E-state index contributed by atoms with van der Waals surface area (Å²) in [7, 11) is 0. The molecule has 18 heavy (non-hydrogen) atoms. The van der Waals surface area contributed by atoms with Gasteiger partial charge >= 0.3 is 0 Å². The Bertz CT molecular complexity index is 560. The van der Waals surface area contributed by atoms with Crippen molar-refractivity contribution >= 4 is 27.4 Å². The number of rotatable bonds is 4. The number of nitrogen functional groups attached to an aromatic ring is 1. The van der Waals surface area contributed by atoms with Crippen molar-refractivity contribution in [1.82, 2.24) is 9.78 Å². The number of hydrogen-bond donors (Lipinski definition) is 1. The predicted octanol–water partition coefficient (Wildman–Crippen LogP) is 2.87. The quantitative estimate of drug-likeness (QED) is 0.698. The van der Waals surface area contributed by atoms with Crippen molar-refractivity contribution in [1.29, 1.82) is 0 Å². The van der Waals surface area contributed by atoms with Crippen molar-refractivity contribution < 1.29 is 4.79 Å². The molecule has 94 valence electrons. The van der Waals surface area contributed by atoms with Crippen molar-refractivity contribution in [3.05, 3.63) is 46.2 Å². The van der Waals surface area contributed by atoms with Gasteiger partial charge in [0.25, 0.3) is 0 Å². The molecule has 0 atom stereocenters. The number of nitrogens with zero attached hydrogens (tertiary/aromatic N) is 2. The second kappa shape index (κ2) is 5.35. The lowest BCUT2D eigenvalue weighted by atomic mass is 10.1. The zero-order valence-electron chi connectivity index (χ0n) is 10.1. The molecule has 0 bridgehead atoms. The summed E-state index contributed by atoms with van der Waals surface area (Å²) in [6.45, 7) is 2.77. The zero-order valence-corrected chi connectivity index (χ0v) is 11.6. The minimum absolute atomic E-state index is 0.0483. The van der Waals surface area contributed by atoms with Crippen LogP contribution >= 0.6 is 15.9 Å². The minimum Gasteiger partial charge on any atom is -0.399 e. The van der Waals surface area contributed by atoms with Gasteiger partial charge in [-0.05, 0) is 46.6 Å². The summed E-state index contributed by atoms with van der Waals surface area (Å²) in [5.41, 5.74) is 7.46. The molecule has 2 rings (SSSR count). The number of benzene rings is 1. The summed E-state index contributed by atoms with van der Waals surface area (Å²) >= 11 is 3.37. The first-order valence-corrected chi connectivity index (χ1v) is 6.54. The molecule has 1 aromatic heterocycles. The summed E-state index contributed by atoms with van der Waals surface area (Å²) < 4.78 is 2.45. The van der Waals surface area contributed by atoms with Crippen LogP contribution in [0.15, 0.2) is 34.9 Å². The lowest BCUT2D eigenvalue weighted by molar-refractivity contribution is 0.102. The van der Waals surface area contributed by atoms with Crippen LogP contribution in [0.5, 0.6) is 0 Å². The SMILES string of the molecule is CCCn1ncc(Br)c1C(=O)c1ccc(N)cc1. The number of nitrogens with two attached hydrogens (primary N) is 1.